The number of piperazine rings is 1. The van der Waals surface area contributed by atoms with E-state index in [9.17, 15) is 18.7 Å². The molecule has 2 aliphatic rings. The van der Waals surface area contributed by atoms with Crippen molar-refractivity contribution in [3.05, 3.63) is 46.4 Å². The van der Waals surface area contributed by atoms with Gasteiger partial charge in [-0.2, -0.15) is 9.78 Å². The number of anilines is 1. The van der Waals surface area contributed by atoms with Gasteiger partial charge in [0, 0.05) is 38.7 Å². The number of hydrogen-bond donors (Lipinski definition) is 2. The molecule has 2 unspecified atom stereocenters. The maximum absolute atomic E-state index is 13.7. The fraction of sp³-hybridized carbons (Fsp3) is 0.500. The van der Waals surface area contributed by atoms with E-state index in [1.165, 1.54) is 6.20 Å². The summed E-state index contributed by atoms with van der Waals surface area (Å²) in [5, 5.41) is 17.6. The van der Waals surface area contributed by atoms with Gasteiger partial charge in [-0.3, -0.25) is 4.79 Å². The number of hydrogen-bond acceptors (Lipinski definition) is 6. The Balaban J connectivity index is 1.76. The van der Waals surface area contributed by atoms with E-state index in [0.29, 0.717) is 38.0 Å². The number of halogens is 2. The quantitative estimate of drug-likeness (QED) is 0.803. The fourth-order valence-corrected chi connectivity index (χ4v) is 3.95. The van der Waals surface area contributed by atoms with Gasteiger partial charge in [-0.05, 0) is 31.9 Å². The molecule has 1 aromatic heterocycles. The van der Waals surface area contributed by atoms with Crippen molar-refractivity contribution in [3.8, 4) is 11.4 Å². The smallest absolute Gasteiger partial charge is 0.316 e. The monoisotopic (exact) mass is 406 g/mol. The lowest BCUT2D eigenvalue weighted by Gasteiger charge is -2.31. The van der Waals surface area contributed by atoms with Gasteiger partial charge in [0.05, 0.1) is 17.5 Å². The molecule has 156 valence electrons. The Morgan fingerprint density at radius 2 is 1.93 bits per heavy atom. The topological polar surface area (TPSA) is 79.6 Å². The van der Waals surface area contributed by atoms with Gasteiger partial charge in [0.15, 0.2) is 0 Å². The molecule has 1 saturated heterocycles. The fourth-order valence-electron chi connectivity index (χ4n) is 3.95. The largest absolute Gasteiger partial charge is 0.483 e. The second-order valence-electron chi connectivity index (χ2n) is 7.92. The number of benzene rings is 1. The van der Waals surface area contributed by atoms with Gasteiger partial charge in [0.2, 0.25) is 5.75 Å². The summed E-state index contributed by atoms with van der Waals surface area (Å²) in [5.74, 6) is -1.50. The molecule has 1 saturated carbocycles. The lowest BCUT2D eigenvalue weighted by molar-refractivity contribution is 0.0541. The van der Waals surface area contributed by atoms with Crippen LogP contribution in [0.3, 0.4) is 0 Å². The van der Waals surface area contributed by atoms with Crippen LogP contribution in [-0.4, -0.2) is 52.8 Å². The van der Waals surface area contributed by atoms with Crippen molar-refractivity contribution in [3.63, 3.8) is 0 Å². The van der Waals surface area contributed by atoms with Crippen molar-refractivity contribution in [1.29, 1.82) is 0 Å². The van der Waals surface area contributed by atoms with E-state index in [4.69, 9.17) is 4.74 Å². The minimum Gasteiger partial charge on any atom is -0.483 e. The zero-order valence-corrected chi connectivity index (χ0v) is 16.2. The highest BCUT2D eigenvalue weighted by atomic mass is 19.1. The van der Waals surface area contributed by atoms with Crippen molar-refractivity contribution in [2.75, 3.05) is 31.1 Å². The number of rotatable bonds is 4. The van der Waals surface area contributed by atoms with Crippen LogP contribution in [0.4, 0.5) is 14.5 Å². The Hall–Kier alpha value is -2.52. The molecule has 29 heavy (non-hydrogen) atoms. The molecule has 1 aromatic carbocycles. The van der Waals surface area contributed by atoms with Crippen LogP contribution in [0.1, 0.15) is 26.2 Å². The predicted molar refractivity (Wildman–Crippen MR) is 104 cm³/mol. The molecule has 2 fully saturated rings. The molecular weight excluding hydrogens is 382 g/mol. The van der Waals surface area contributed by atoms with Gasteiger partial charge in [-0.15, -0.1) is 0 Å². The first-order valence-electron chi connectivity index (χ1n) is 9.76. The average molecular weight is 406 g/mol. The highest BCUT2D eigenvalue weighted by molar-refractivity contribution is 5.57. The van der Waals surface area contributed by atoms with Crippen LogP contribution in [-0.2, 0) is 0 Å². The second-order valence-corrected chi connectivity index (χ2v) is 7.92. The van der Waals surface area contributed by atoms with Gasteiger partial charge in [0.1, 0.15) is 23.4 Å². The van der Waals surface area contributed by atoms with Gasteiger partial charge in [-0.25, -0.2) is 8.78 Å². The number of nitrogens with one attached hydrogen (secondary N) is 1. The molecule has 7 nitrogen and oxygen atoms in total. The third-order valence-electron chi connectivity index (χ3n) is 5.42. The summed E-state index contributed by atoms with van der Waals surface area (Å²) in [4.78, 5) is 15.2. The van der Waals surface area contributed by atoms with Crippen LogP contribution in [0, 0.1) is 11.6 Å². The second kappa shape index (κ2) is 7.72. The molecule has 0 radical (unpaired) electrons. The molecule has 0 spiro atoms. The molecular formula is C20H24F2N4O3. The minimum atomic E-state index is -0.836. The van der Waals surface area contributed by atoms with Crippen LogP contribution in [0.15, 0.2) is 29.2 Å². The van der Waals surface area contributed by atoms with E-state index in [0.717, 1.165) is 36.0 Å². The Labute approximate surface area is 166 Å². The summed E-state index contributed by atoms with van der Waals surface area (Å²) < 4.78 is 34.4. The molecule has 2 atom stereocenters. The summed E-state index contributed by atoms with van der Waals surface area (Å²) in [7, 11) is 0. The van der Waals surface area contributed by atoms with Crippen molar-refractivity contribution in [2.45, 2.75) is 37.9 Å². The summed E-state index contributed by atoms with van der Waals surface area (Å²) in [6, 6.07) is 2.83. The highest BCUT2D eigenvalue weighted by Crippen LogP contribution is 2.34. The summed E-state index contributed by atoms with van der Waals surface area (Å²) in [6.45, 7) is 4.62. The van der Waals surface area contributed by atoms with E-state index in [1.54, 1.807) is 6.92 Å². The van der Waals surface area contributed by atoms with Crippen molar-refractivity contribution >= 4 is 5.69 Å². The van der Waals surface area contributed by atoms with Crippen LogP contribution >= 0.6 is 0 Å². The maximum atomic E-state index is 13.7. The molecule has 1 aliphatic carbocycles. The first kappa shape index (κ1) is 19.8. The van der Waals surface area contributed by atoms with Crippen LogP contribution < -0.4 is 20.5 Å². The lowest BCUT2D eigenvalue weighted by atomic mass is 10.1. The van der Waals surface area contributed by atoms with E-state index >= 15 is 0 Å². The summed E-state index contributed by atoms with van der Waals surface area (Å²) >= 11 is 0. The summed E-state index contributed by atoms with van der Waals surface area (Å²) in [5.41, 5.74) is -0.881. The van der Waals surface area contributed by atoms with E-state index in [1.807, 2.05) is 4.90 Å². The maximum Gasteiger partial charge on any atom is 0.316 e. The van der Waals surface area contributed by atoms with E-state index in [2.05, 4.69) is 10.4 Å². The Bertz CT molecular complexity index is 937. The standard InChI is InChI=1S/C20H24F2N4O3/c1-20(28)3-2-16(11-20)29-18-17(25-6-4-23-5-7-25)12-24-26(19(18)27)15-9-13(21)8-14(22)10-15/h8-10,12,16,23,28H,2-7,11H2,1H3. The first-order valence-corrected chi connectivity index (χ1v) is 9.76. The number of ether oxygens (including phenoxy) is 1. The minimum absolute atomic E-state index is 0.0115. The van der Waals surface area contributed by atoms with E-state index in [-0.39, 0.29) is 17.5 Å². The normalized spacial score (nSPS) is 24.7. The number of aliphatic hydroxyl groups is 1. The van der Waals surface area contributed by atoms with Gasteiger partial charge in [0.25, 0.3) is 0 Å². The highest BCUT2D eigenvalue weighted by Gasteiger charge is 2.35. The molecule has 0 bridgehead atoms. The van der Waals surface area contributed by atoms with Crippen molar-refractivity contribution in [2.24, 2.45) is 0 Å². The SMILES string of the molecule is CC1(O)CCC(Oc2c(N3CCNCC3)cnn(-c3cc(F)cc(F)c3)c2=O)C1. The Morgan fingerprint density at radius 1 is 1.24 bits per heavy atom. The van der Waals surface area contributed by atoms with Crippen LogP contribution in [0.25, 0.3) is 5.69 Å². The number of aromatic nitrogens is 2. The number of nitrogens with zero attached hydrogens (tertiary/aromatic N) is 3. The molecule has 0 amide bonds. The molecule has 9 heteroatoms. The van der Waals surface area contributed by atoms with E-state index < -0.39 is 22.8 Å². The van der Waals surface area contributed by atoms with Crippen molar-refractivity contribution in [1.82, 2.24) is 15.1 Å². The van der Waals surface area contributed by atoms with Gasteiger partial charge < -0.3 is 20.1 Å². The lowest BCUT2D eigenvalue weighted by Crippen LogP contribution is -2.44. The molecule has 2 aromatic rings. The van der Waals surface area contributed by atoms with Gasteiger partial charge >= 0.3 is 5.56 Å². The summed E-state index contributed by atoms with van der Waals surface area (Å²) in [6.07, 6.45) is 2.78. The van der Waals surface area contributed by atoms with Crippen molar-refractivity contribution < 1.29 is 18.6 Å². The Kier molecular flexibility index (Phi) is 5.26. The Morgan fingerprint density at radius 3 is 2.55 bits per heavy atom. The molecule has 4 rings (SSSR count). The first-order chi connectivity index (χ1) is 13.8. The zero-order valence-electron chi connectivity index (χ0n) is 16.2. The molecule has 2 N–H and O–H groups in total. The third kappa shape index (κ3) is 4.25. The molecule has 2 heterocycles. The van der Waals surface area contributed by atoms with Gasteiger partial charge in [-0.1, -0.05) is 0 Å². The van der Waals surface area contributed by atoms with Crippen LogP contribution in [0.5, 0.6) is 5.75 Å². The molecule has 1 aliphatic heterocycles. The van der Waals surface area contributed by atoms with Crippen LogP contribution in [0.2, 0.25) is 0 Å². The average Bonchev–Trinajstić information content (AvgIpc) is 3.01. The third-order valence-corrected chi connectivity index (χ3v) is 5.42. The predicted octanol–water partition coefficient (Wildman–Crippen LogP) is 1.60. The zero-order chi connectivity index (χ0) is 20.6.